The van der Waals surface area contributed by atoms with Crippen LogP contribution in [0.25, 0.3) is 0 Å². The van der Waals surface area contributed by atoms with Crippen molar-refractivity contribution in [2.75, 3.05) is 46.1 Å². The summed E-state index contributed by atoms with van der Waals surface area (Å²) >= 11 is 0. The van der Waals surface area contributed by atoms with Crippen LogP contribution in [0.2, 0.25) is 0 Å². The van der Waals surface area contributed by atoms with Crippen molar-refractivity contribution in [3.63, 3.8) is 0 Å². The first-order chi connectivity index (χ1) is 7.36. The molecular weight excluding hydrogens is 198 g/mol. The Labute approximate surface area is 89.3 Å². The lowest BCUT2D eigenvalue weighted by atomic mass is 10.3. The van der Waals surface area contributed by atoms with Gasteiger partial charge in [-0.05, 0) is 0 Å². The fourth-order valence-electron chi connectivity index (χ4n) is 1.78. The number of hydrogen-bond acceptors (Lipinski definition) is 5. The largest absolute Gasteiger partial charge is 0.464 e. The van der Waals surface area contributed by atoms with Crippen molar-refractivity contribution in [3.05, 3.63) is 0 Å². The molecule has 5 heteroatoms. The first kappa shape index (κ1) is 10.9. The quantitative estimate of drug-likeness (QED) is 0.600. The Hall–Kier alpha value is -0.650. The number of cyclic esters (lactones) is 1. The van der Waals surface area contributed by atoms with Crippen LogP contribution in [-0.2, 0) is 19.0 Å². The monoisotopic (exact) mass is 215 g/mol. The molecule has 1 unspecified atom stereocenters. The molecule has 0 aromatic carbocycles. The van der Waals surface area contributed by atoms with Crippen molar-refractivity contribution in [1.82, 2.24) is 4.90 Å². The third-order valence-corrected chi connectivity index (χ3v) is 2.72. The van der Waals surface area contributed by atoms with E-state index in [1.165, 1.54) is 0 Å². The summed E-state index contributed by atoms with van der Waals surface area (Å²) in [5.74, 6) is -0.211. The zero-order chi connectivity index (χ0) is 10.5. The minimum atomic E-state index is -0.328. The van der Waals surface area contributed by atoms with E-state index in [1.807, 2.05) is 0 Å². The van der Waals surface area contributed by atoms with Gasteiger partial charge in [0.05, 0.1) is 26.4 Å². The zero-order valence-electron chi connectivity index (χ0n) is 8.81. The van der Waals surface area contributed by atoms with E-state index in [2.05, 4.69) is 4.90 Å². The highest BCUT2D eigenvalue weighted by Gasteiger charge is 2.27. The van der Waals surface area contributed by atoms with Gasteiger partial charge in [-0.3, -0.25) is 4.90 Å². The van der Waals surface area contributed by atoms with Crippen molar-refractivity contribution in [3.8, 4) is 0 Å². The van der Waals surface area contributed by atoms with Gasteiger partial charge in [0.15, 0.2) is 6.10 Å². The number of hydrogen-bond donors (Lipinski definition) is 0. The minimum absolute atomic E-state index is 0.211. The number of carbonyl (C=O) groups excluding carboxylic acids is 1. The second kappa shape index (κ2) is 5.44. The molecule has 0 radical (unpaired) electrons. The average Bonchev–Trinajstić information content (AvgIpc) is 2.66. The predicted octanol–water partition coefficient (Wildman–Crippen LogP) is -0.349. The first-order valence-corrected chi connectivity index (χ1v) is 5.44. The number of ether oxygens (including phenoxy) is 3. The molecule has 1 atom stereocenters. The Bertz CT molecular complexity index is 215. The van der Waals surface area contributed by atoms with Crippen LogP contribution >= 0.6 is 0 Å². The van der Waals surface area contributed by atoms with E-state index in [0.29, 0.717) is 19.6 Å². The van der Waals surface area contributed by atoms with Crippen LogP contribution in [0.1, 0.15) is 6.42 Å². The molecule has 2 aliphatic heterocycles. The molecule has 0 bridgehead atoms. The lowest BCUT2D eigenvalue weighted by Gasteiger charge is -2.26. The Kier molecular flexibility index (Phi) is 3.94. The fraction of sp³-hybridized carbons (Fsp3) is 0.900. The Morgan fingerprint density at radius 3 is 2.80 bits per heavy atom. The molecule has 0 amide bonds. The maximum atomic E-state index is 11.1. The number of carbonyl (C=O) groups is 1. The van der Waals surface area contributed by atoms with Gasteiger partial charge in [-0.1, -0.05) is 0 Å². The van der Waals surface area contributed by atoms with Crippen LogP contribution in [0.3, 0.4) is 0 Å². The SMILES string of the molecule is O=C1OCCC1OCCN1CCOCC1. The van der Waals surface area contributed by atoms with Crippen LogP contribution in [0.5, 0.6) is 0 Å². The maximum Gasteiger partial charge on any atom is 0.335 e. The summed E-state index contributed by atoms with van der Waals surface area (Å²) in [4.78, 5) is 13.4. The fourth-order valence-corrected chi connectivity index (χ4v) is 1.78. The zero-order valence-corrected chi connectivity index (χ0v) is 8.81. The van der Waals surface area contributed by atoms with Gasteiger partial charge in [-0.2, -0.15) is 0 Å². The second-order valence-electron chi connectivity index (χ2n) is 3.77. The minimum Gasteiger partial charge on any atom is -0.464 e. The van der Waals surface area contributed by atoms with Gasteiger partial charge in [0.25, 0.3) is 0 Å². The highest BCUT2D eigenvalue weighted by atomic mass is 16.6. The molecule has 2 fully saturated rings. The Balaban J connectivity index is 1.59. The molecule has 0 aliphatic carbocycles. The summed E-state index contributed by atoms with van der Waals surface area (Å²) in [5.41, 5.74) is 0. The summed E-state index contributed by atoms with van der Waals surface area (Å²) in [6.45, 7) is 5.47. The van der Waals surface area contributed by atoms with E-state index in [9.17, 15) is 4.79 Å². The van der Waals surface area contributed by atoms with E-state index < -0.39 is 0 Å². The van der Waals surface area contributed by atoms with E-state index in [0.717, 1.165) is 32.8 Å². The normalized spacial score (nSPS) is 28.0. The highest BCUT2D eigenvalue weighted by molar-refractivity contribution is 5.76. The molecule has 0 saturated carbocycles. The van der Waals surface area contributed by atoms with E-state index in [1.54, 1.807) is 0 Å². The molecule has 2 saturated heterocycles. The predicted molar refractivity (Wildman–Crippen MR) is 52.6 cm³/mol. The van der Waals surface area contributed by atoms with Crippen LogP contribution < -0.4 is 0 Å². The average molecular weight is 215 g/mol. The van der Waals surface area contributed by atoms with Crippen molar-refractivity contribution < 1.29 is 19.0 Å². The molecule has 86 valence electrons. The number of nitrogens with zero attached hydrogens (tertiary/aromatic N) is 1. The summed E-state index contributed by atoms with van der Waals surface area (Å²) in [7, 11) is 0. The molecule has 0 aromatic rings. The summed E-state index contributed by atoms with van der Waals surface area (Å²) < 4.78 is 15.5. The molecule has 2 aliphatic rings. The molecular formula is C10H17NO4. The van der Waals surface area contributed by atoms with Gasteiger partial charge in [-0.25, -0.2) is 4.79 Å². The molecule has 0 N–H and O–H groups in total. The first-order valence-electron chi connectivity index (χ1n) is 5.44. The lowest BCUT2D eigenvalue weighted by Crippen LogP contribution is -2.39. The number of morpholine rings is 1. The van der Waals surface area contributed by atoms with Gasteiger partial charge in [-0.15, -0.1) is 0 Å². The Morgan fingerprint density at radius 1 is 1.33 bits per heavy atom. The molecule has 15 heavy (non-hydrogen) atoms. The van der Waals surface area contributed by atoms with Crippen LogP contribution in [-0.4, -0.2) is 63.0 Å². The van der Waals surface area contributed by atoms with Crippen molar-refractivity contribution in [2.45, 2.75) is 12.5 Å². The molecule has 2 heterocycles. The van der Waals surface area contributed by atoms with Crippen LogP contribution in [0.4, 0.5) is 0 Å². The van der Waals surface area contributed by atoms with Crippen molar-refractivity contribution in [2.24, 2.45) is 0 Å². The summed E-state index contributed by atoms with van der Waals surface area (Å²) in [6.07, 6.45) is 0.369. The molecule has 5 nitrogen and oxygen atoms in total. The van der Waals surface area contributed by atoms with E-state index in [4.69, 9.17) is 14.2 Å². The maximum absolute atomic E-state index is 11.1. The van der Waals surface area contributed by atoms with Gasteiger partial charge in [0.1, 0.15) is 0 Å². The number of rotatable bonds is 4. The topological polar surface area (TPSA) is 48.0 Å². The van der Waals surface area contributed by atoms with Gasteiger partial charge in [0, 0.05) is 26.1 Å². The number of esters is 1. The smallest absolute Gasteiger partial charge is 0.335 e. The standard InChI is InChI=1S/C10H17NO4/c12-10-9(1-5-15-10)14-8-4-11-2-6-13-7-3-11/h9H,1-8H2. The van der Waals surface area contributed by atoms with Crippen molar-refractivity contribution in [1.29, 1.82) is 0 Å². The van der Waals surface area contributed by atoms with Gasteiger partial charge < -0.3 is 14.2 Å². The molecule has 2 rings (SSSR count). The summed E-state index contributed by atoms with van der Waals surface area (Å²) in [5, 5.41) is 0. The highest BCUT2D eigenvalue weighted by Crippen LogP contribution is 2.10. The third kappa shape index (κ3) is 3.15. The van der Waals surface area contributed by atoms with E-state index >= 15 is 0 Å². The van der Waals surface area contributed by atoms with Crippen LogP contribution in [0, 0.1) is 0 Å². The lowest BCUT2D eigenvalue weighted by molar-refractivity contribution is -0.147. The van der Waals surface area contributed by atoms with Gasteiger partial charge in [0.2, 0.25) is 0 Å². The van der Waals surface area contributed by atoms with Crippen LogP contribution in [0.15, 0.2) is 0 Å². The van der Waals surface area contributed by atoms with Crippen molar-refractivity contribution >= 4 is 5.97 Å². The second-order valence-corrected chi connectivity index (χ2v) is 3.77. The van der Waals surface area contributed by atoms with E-state index in [-0.39, 0.29) is 12.1 Å². The Morgan fingerprint density at radius 2 is 2.13 bits per heavy atom. The van der Waals surface area contributed by atoms with Gasteiger partial charge >= 0.3 is 5.97 Å². The summed E-state index contributed by atoms with van der Waals surface area (Å²) in [6, 6.07) is 0. The molecule has 0 aromatic heterocycles. The molecule has 0 spiro atoms. The third-order valence-electron chi connectivity index (χ3n) is 2.72.